The molecule has 0 N–H and O–H groups in total. The molecule has 3 nitrogen and oxygen atoms in total. The van der Waals surface area contributed by atoms with Gasteiger partial charge in [-0.15, -0.1) is 0 Å². The third kappa shape index (κ3) is 8.02. The average molecular weight is 478 g/mol. The van der Waals surface area contributed by atoms with E-state index in [9.17, 15) is 0 Å². The van der Waals surface area contributed by atoms with Crippen LogP contribution in [0.1, 0.15) is 56.2 Å². The van der Waals surface area contributed by atoms with E-state index in [1.165, 1.54) is 64.7 Å². The molecule has 0 aromatic heterocycles. The number of nitrogens with zero attached hydrogens (tertiary/aromatic N) is 3. The van der Waals surface area contributed by atoms with Crippen molar-refractivity contribution in [1.82, 2.24) is 4.90 Å². The van der Waals surface area contributed by atoms with Gasteiger partial charge in [-0.05, 0) is 80.3 Å². The smallest absolute Gasteiger partial charge is 0.0720 e. The third-order valence-electron chi connectivity index (χ3n) is 6.68. The van der Waals surface area contributed by atoms with E-state index in [0.29, 0.717) is 5.92 Å². The SMILES string of the molecule is C=C(SC(CCc1ccc(C)cc1)=NC)C1CCN(c2ccc(CN(CCC)CCC)cc2)C1. The van der Waals surface area contributed by atoms with Crippen molar-refractivity contribution < 1.29 is 0 Å². The molecule has 1 aliphatic rings. The quantitative estimate of drug-likeness (QED) is 0.235. The summed E-state index contributed by atoms with van der Waals surface area (Å²) in [6, 6.07) is 18.1. The van der Waals surface area contributed by atoms with Gasteiger partial charge in [-0.25, -0.2) is 0 Å². The molecule has 0 aliphatic carbocycles. The molecule has 2 aromatic rings. The van der Waals surface area contributed by atoms with Crippen LogP contribution in [0.4, 0.5) is 5.69 Å². The molecule has 1 aliphatic heterocycles. The zero-order valence-electron chi connectivity index (χ0n) is 21.7. The highest BCUT2D eigenvalue weighted by Gasteiger charge is 2.26. The van der Waals surface area contributed by atoms with Crippen LogP contribution >= 0.6 is 11.8 Å². The van der Waals surface area contributed by atoms with Gasteiger partial charge in [0.2, 0.25) is 0 Å². The van der Waals surface area contributed by atoms with Crippen LogP contribution in [0.5, 0.6) is 0 Å². The van der Waals surface area contributed by atoms with E-state index in [0.717, 1.165) is 32.5 Å². The van der Waals surface area contributed by atoms with Crippen LogP contribution < -0.4 is 4.90 Å². The summed E-state index contributed by atoms with van der Waals surface area (Å²) in [5, 5.41) is 1.19. The molecular formula is C30H43N3S. The molecule has 1 heterocycles. The summed E-state index contributed by atoms with van der Waals surface area (Å²) in [7, 11) is 1.91. The predicted molar refractivity (Wildman–Crippen MR) is 152 cm³/mol. The van der Waals surface area contributed by atoms with E-state index in [2.05, 4.69) is 90.7 Å². The molecule has 1 unspecified atom stereocenters. The zero-order chi connectivity index (χ0) is 24.3. The number of hydrogen-bond donors (Lipinski definition) is 0. The summed E-state index contributed by atoms with van der Waals surface area (Å²) in [5.74, 6) is 0.519. The van der Waals surface area contributed by atoms with Crippen molar-refractivity contribution in [2.45, 2.75) is 59.4 Å². The van der Waals surface area contributed by atoms with Gasteiger partial charge in [0.15, 0.2) is 0 Å². The Morgan fingerprint density at radius 2 is 1.68 bits per heavy atom. The first-order valence-electron chi connectivity index (χ1n) is 13.0. The van der Waals surface area contributed by atoms with Gasteiger partial charge >= 0.3 is 0 Å². The van der Waals surface area contributed by atoms with Crippen molar-refractivity contribution in [3.05, 3.63) is 76.7 Å². The summed E-state index contributed by atoms with van der Waals surface area (Å²) < 4.78 is 0. The first-order valence-corrected chi connectivity index (χ1v) is 13.8. The van der Waals surface area contributed by atoms with Gasteiger partial charge in [0.25, 0.3) is 0 Å². The number of aryl methyl sites for hydroxylation is 2. The topological polar surface area (TPSA) is 18.8 Å². The van der Waals surface area contributed by atoms with Crippen LogP contribution in [0.25, 0.3) is 0 Å². The second-order valence-electron chi connectivity index (χ2n) is 9.55. The van der Waals surface area contributed by atoms with Crippen molar-refractivity contribution in [2.75, 3.05) is 38.1 Å². The summed E-state index contributed by atoms with van der Waals surface area (Å²) in [6.07, 6.45) is 5.61. The standard InChI is InChI=1S/C30H43N3S/c1-6-19-32(20-7-2)22-27-12-15-29(16-13-27)33-21-18-28(23-33)25(4)34-30(31-5)17-14-26-10-8-24(3)9-11-26/h8-13,15-16,28H,4,6-7,14,17-23H2,1-3,5H3. The van der Waals surface area contributed by atoms with Gasteiger partial charge in [-0.1, -0.05) is 74.1 Å². The van der Waals surface area contributed by atoms with Crippen LogP contribution in [0.3, 0.4) is 0 Å². The minimum absolute atomic E-state index is 0.519. The van der Waals surface area contributed by atoms with Gasteiger partial charge < -0.3 is 4.90 Å². The molecule has 0 bridgehead atoms. The van der Waals surface area contributed by atoms with Crippen molar-refractivity contribution in [3.8, 4) is 0 Å². The lowest BCUT2D eigenvalue weighted by atomic mass is 10.1. The van der Waals surface area contributed by atoms with Gasteiger partial charge in [-0.3, -0.25) is 9.89 Å². The van der Waals surface area contributed by atoms with Crippen LogP contribution in [0.15, 0.2) is 65.0 Å². The number of benzene rings is 2. The molecular weight excluding hydrogens is 434 g/mol. The highest BCUT2D eigenvalue weighted by atomic mass is 32.2. The number of aliphatic imine (C=N–C) groups is 1. The molecule has 2 aromatic carbocycles. The Hall–Kier alpha value is -2.04. The van der Waals surface area contributed by atoms with E-state index in [1.807, 2.05) is 7.05 Å². The van der Waals surface area contributed by atoms with Crippen LogP contribution in [-0.2, 0) is 13.0 Å². The summed E-state index contributed by atoms with van der Waals surface area (Å²) in [4.78, 5) is 10.9. The predicted octanol–water partition coefficient (Wildman–Crippen LogP) is 7.35. The van der Waals surface area contributed by atoms with Crippen LogP contribution in [0.2, 0.25) is 0 Å². The number of rotatable bonds is 12. The molecule has 0 amide bonds. The summed E-state index contributed by atoms with van der Waals surface area (Å²) in [5.41, 5.74) is 5.44. The van der Waals surface area contributed by atoms with Crippen molar-refractivity contribution >= 4 is 22.5 Å². The molecule has 1 saturated heterocycles. The summed E-state index contributed by atoms with van der Waals surface area (Å²) >= 11 is 1.80. The van der Waals surface area contributed by atoms with Gasteiger partial charge in [0.05, 0.1) is 5.04 Å². The van der Waals surface area contributed by atoms with E-state index in [4.69, 9.17) is 0 Å². The fraction of sp³-hybridized carbons (Fsp3) is 0.500. The highest BCUT2D eigenvalue weighted by molar-refractivity contribution is 8.17. The minimum atomic E-state index is 0.519. The molecule has 1 fully saturated rings. The monoisotopic (exact) mass is 477 g/mol. The van der Waals surface area contributed by atoms with E-state index < -0.39 is 0 Å². The van der Waals surface area contributed by atoms with Crippen molar-refractivity contribution in [2.24, 2.45) is 10.9 Å². The van der Waals surface area contributed by atoms with Crippen molar-refractivity contribution in [3.63, 3.8) is 0 Å². The van der Waals surface area contributed by atoms with E-state index in [1.54, 1.807) is 11.8 Å². The van der Waals surface area contributed by atoms with E-state index in [-0.39, 0.29) is 0 Å². The van der Waals surface area contributed by atoms with E-state index >= 15 is 0 Å². The molecule has 1 atom stereocenters. The summed E-state index contributed by atoms with van der Waals surface area (Å²) in [6.45, 7) is 16.7. The second kappa shape index (κ2) is 13.7. The Balaban J connectivity index is 1.49. The third-order valence-corrected chi connectivity index (χ3v) is 7.90. The molecule has 0 radical (unpaired) electrons. The Bertz CT molecular complexity index is 911. The molecule has 184 valence electrons. The molecule has 3 rings (SSSR count). The maximum absolute atomic E-state index is 4.57. The Labute approximate surface area is 212 Å². The van der Waals surface area contributed by atoms with Crippen LogP contribution in [0, 0.1) is 12.8 Å². The number of hydrogen-bond acceptors (Lipinski definition) is 4. The second-order valence-corrected chi connectivity index (χ2v) is 10.7. The molecule has 0 spiro atoms. The lowest BCUT2D eigenvalue weighted by molar-refractivity contribution is 0.266. The number of thioether (sulfide) groups is 1. The molecule has 34 heavy (non-hydrogen) atoms. The average Bonchev–Trinajstić information content (AvgIpc) is 3.34. The number of anilines is 1. The maximum Gasteiger partial charge on any atom is 0.0720 e. The first kappa shape index (κ1) is 26.6. The molecule has 0 saturated carbocycles. The fourth-order valence-electron chi connectivity index (χ4n) is 4.68. The van der Waals surface area contributed by atoms with Gasteiger partial charge in [0.1, 0.15) is 0 Å². The normalized spacial score (nSPS) is 16.4. The first-order chi connectivity index (χ1) is 16.5. The lowest BCUT2D eigenvalue weighted by Crippen LogP contribution is -2.25. The Morgan fingerprint density at radius 3 is 2.29 bits per heavy atom. The lowest BCUT2D eigenvalue weighted by Gasteiger charge is -2.22. The van der Waals surface area contributed by atoms with Gasteiger partial charge in [0, 0.05) is 38.3 Å². The Morgan fingerprint density at radius 1 is 1.03 bits per heavy atom. The largest absolute Gasteiger partial charge is 0.371 e. The highest BCUT2D eigenvalue weighted by Crippen LogP contribution is 2.34. The zero-order valence-corrected chi connectivity index (χ0v) is 22.5. The van der Waals surface area contributed by atoms with Crippen molar-refractivity contribution in [1.29, 1.82) is 0 Å². The van der Waals surface area contributed by atoms with Crippen LogP contribution in [-0.4, -0.2) is 43.2 Å². The minimum Gasteiger partial charge on any atom is -0.371 e. The Kier molecular flexibility index (Phi) is 10.7. The maximum atomic E-state index is 4.57. The fourth-order valence-corrected chi connectivity index (χ4v) is 5.64. The van der Waals surface area contributed by atoms with Gasteiger partial charge in [-0.2, -0.15) is 0 Å². The molecule has 4 heteroatoms.